The second kappa shape index (κ2) is 6.77. The van der Waals surface area contributed by atoms with Crippen LogP contribution < -0.4 is 15.8 Å². The minimum Gasteiger partial charge on any atom is -0.496 e. The van der Waals surface area contributed by atoms with Gasteiger partial charge in [0.05, 0.1) is 24.7 Å². The number of carbonyl (C=O) groups excluding carboxylic acids is 1. The zero-order valence-corrected chi connectivity index (χ0v) is 16.1. The summed E-state index contributed by atoms with van der Waals surface area (Å²) in [6.45, 7) is 0.427. The van der Waals surface area contributed by atoms with Gasteiger partial charge in [0.15, 0.2) is 5.65 Å². The van der Waals surface area contributed by atoms with Gasteiger partial charge in [0.2, 0.25) is 0 Å². The third-order valence-corrected chi connectivity index (χ3v) is 5.25. The monoisotopic (exact) mass is 387 g/mol. The van der Waals surface area contributed by atoms with Crippen LogP contribution >= 0.6 is 0 Å². The Labute approximate surface area is 167 Å². The van der Waals surface area contributed by atoms with Crippen molar-refractivity contribution in [3.63, 3.8) is 0 Å². The van der Waals surface area contributed by atoms with Crippen molar-refractivity contribution in [2.45, 2.75) is 25.4 Å². The van der Waals surface area contributed by atoms with Crippen LogP contribution in [0.3, 0.4) is 0 Å². The van der Waals surface area contributed by atoms with Crippen LogP contribution in [0.2, 0.25) is 0 Å². The summed E-state index contributed by atoms with van der Waals surface area (Å²) in [7, 11) is 1.64. The third-order valence-electron chi connectivity index (χ3n) is 5.25. The highest BCUT2D eigenvalue weighted by atomic mass is 16.5. The van der Waals surface area contributed by atoms with Gasteiger partial charge in [0.25, 0.3) is 5.91 Å². The van der Waals surface area contributed by atoms with Crippen molar-refractivity contribution in [3.8, 4) is 5.75 Å². The number of para-hydroxylation sites is 3. The van der Waals surface area contributed by atoms with E-state index in [1.165, 1.54) is 0 Å². The quantitative estimate of drug-likeness (QED) is 0.549. The van der Waals surface area contributed by atoms with Crippen molar-refractivity contribution in [3.05, 3.63) is 59.7 Å². The highest BCUT2D eigenvalue weighted by Gasteiger charge is 2.29. The average Bonchev–Trinajstić information content (AvgIpc) is 3.51. The maximum absolute atomic E-state index is 13.0. The van der Waals surface area contributed by atoms with Crippen LogP contribution in [0.25, 0.3) is 22.2 Å². The molecular formula is C22H21N5O2. The topological polar surface area (TPSA) is 95.1 Å². The van der Waals surface area contributed by atoms with Crippen LogP contribution in [0.15, 0.2) is 48.5 Å². The fourth-order valence-electron chi connectivity index (χ4n) is 3.59. The summed E-state index contributed by atoms with van der Waals surface area (Å²) < 4.78 is 7.33. The zero-order valence-electron chi connectivity index (χ0n) is 16.1. The lowest BCUT2D eigenvalue weighted by Crippen LogP contribution is -2.26. The van der Waals surface area contributed by atoms with E-state index in [1.807, 2.05) is 53.1 Å². The van der Waals surface area contributed by atoms with Crippen LogP contribution in [-0.4, -0.2) is 33.6 Å². The Morgan fingerprint density at radius 1 is 1.14 bits per heavy atom. The van der Waals surface area contributed by atoms with E-state index in [2.05, 4.69) is 5.32 Å². The fraction of sp³-hybridized carbons (Fsp3) is 0.227. The lowest BCUT2D eigenvalue weighted by Gasteiger charge is -2.11. The molecule has 1 aliphatic carbocycles. The number of rotatable bonds is 5. The molecule has 0 saturated heterocycles. The first-order valence-electron chi connectivity index (χ1n) is 9.63. The number of nitrogens with zero attached hydrogens (tertiary/aromatic N) is 3. The molecule has 1 fully saturated rings. The Balaban J connectivity index is 1.72. The molecule has 2 aromatic heterocycles. The molecule has 4 aromatic rings. The van der Waals surface area contributed by atoms with Gasteiger partial charge in [0.1, 0.15) is 22.6 Å². The van der Waals surface area contributed by atoms with E-state index in [9.17, 15) is 4.79 Å². The van der Waals surface area contributed by atoms with Crippen molar-refractivity contribution in [2.24, 2.45) is 0 Å². The van der Waals surface area contributed by atoms with Gasteiger partial charge in [-0.3, -0.25) is 4.79 Å². The van der Waals surface area contributed by atoms with Crippen molar-refractivity contribution in [1.82, 2.24) is 19.9 Å². The van der Waals surface area contributed by atoms with Gasteiger partial charge in [-0.1, -0.05) is 30.3 Å². The molecule has 0 unspecified atom stereocenters. The number of anilines is 1. The number of aromatic nitrogens is 3. The number of methoxy groups -OCH3 is 1. The molecule has 0 atom stereocenters. The minimum absolute atomic E-state index is 0.196. The molecule has 7 heteroatoms. The van der Waals surface area contributed by atoms with Gasteiger partial charge in [-0.2, -0.15) is 0 Å². The summed E-state index contributed by atoms with van der Waals surface area (Å²) in [4.78, 5) is 22.5. The number of hydrogen-bond donors (Lipinski definition) is 2. The maximum Gasteiger partial charge on any atom is 0.257 e. The summed E-state index contributed by atoms with van der Waals surface area (Å²) in [6, 6.07) is 15.6. The number of nitrogens with one attached hydrogen (secondary N) is 1. The highest BCUT2D eigenvalue weighted by Crippen LogP contribution is 2.31. The van der Waals surface area contributed by atoms with Crippen LogP contribution in [0, 0.1) is 0 Å². The number of nitrogen functional groups attached to an aromatic ring is 1. The molecule has 3 N–H and O–H groups in total. The fourth-order valence-corrected chi connectivity index (χ4v) is 3.59. The summed E-state index contributed by atoms with van der Waals surface area (Å²) in [5, 5.41) is 3.03. The number of nitrogens with two attached hydrogens (primary N) is 1. The molecule has 29 heavy (non-hydrogen) atoms. The predicted molar refractivity (Wildman–Crippen MR) is 112 cm³/mol. The summed E-state index contributed by atoms with van der Waals surface area (Å²) in [6.07, 6.45) is 2.00. The highest BCUT2D eigenvalue weighted by molar-refractivity contribution is 6.10. The zero-order chi connectivity index (χ0) is 20.0. The second-order valence-corrected chi connectivity index (χ2v) is 7.29. The summed E-state index contributed by atoms with van der Waals surface area (Å²) in [5.74, 6) is 0.921. The molecular weight excluding hydrogens is 366 g/mol. The molecule has 2 aromatic carbocycles. The lowest BCUT2D eigenvalue weighted by atomic mass is 10.2. The first-order valence-corrected chi connectivity index (χ1v) is 9.63. The van der Waals surface area contributed by atoms with Crippen molar-refractivity contribution in [2.75, 3.05) is 12.8 Å². The maximum atomic E-state index is 13.0. The van der Waals surface area contributed by atoms with E-state index >= 15 is 0 Å². The van der Waals surface area contributed by atoms with E-state index in [1.54, 1.807) is 7.11 Å². The largest absolute Gasteiger partial charge is 0.496 e. The molecule has 0 spiro atoms. The van der Waals surface area contributed by atoms with Crippen LogP contribution in [0.1, 0.15) is 28.8 Å². The number of ether oxygens (including phenoxy) is 1. The van der Waals surface area contributed by atoms with E-state index in [0.29, 0.717) is 29.1 Å². The first kappa shape index (κ1) is 17.5. The standard InChI is InChI=1S/C22H21N5O2/c1-29-17-9-5-2-6-13(17)12-27-20(23)18(22(28)24-14-10-11-14)19-21(27)26-16-8-4-3-7-15(16)25-19/h2-9,14H,10-12,23H2,1H3,(H,24,28). The number of benzene rings is 2. The molecule has 1 aliphatic rings. The van der Waals surface area contributed by atoms with Gasteiger partial charge in [-0.15, -0.1) is 0 Å². The van der Waals surface area contributed by atoms with E-state index in [-0.39, 0.29) is 11.9 Å². The smallest absolute Gasteiger partial charge is 0.257 e. The molecule has 0 bridgehead atoms. The van der Waals surface area contributed by atoms with Crippen molar-refractivity contribution in [1.29, 1.82) is 0 Å². The van der Waals surface area contributed by atoms with Crippen LogP contribution in [0.5, 0.6) is 5.75 Å². The summed E-state index contributed by atoms with van der Waals surface area (Å²) in [5.41, 5.74) is 10.4. The molecule has 146 valence electrons. The molecule has 1 saturated carbocycles. The Kier molecular flexibility index (Phi) is 4.08. The Bertz CT molecular complexity index is 1240. The van der Waals surface area contributed by atoms with E-state index in [0.717, 1.165) is 35.2 Å². The molecule has 5 rings (SSSR count). The van der Waals surface area contributed by atoms with E-state index < -0.39 is 0 Å². The first-order chi connectivity index (χ1) is 14.2. The van der Waals surface area contributed by atoms with Gasteiger partial charge in [-0.25, -0.2) is 9.97 Å². The molecule has 2 heterocycles. The van der Waals surface area contributed by atoms with E-state index in [4.69, 9.17) is 20.4 Å². The molecule has 1 amide bonds. The van der Waals surface area contributed by atoms with Crippen LogP contribution in [-0.2, 0) is 6.54 Å². The normalized spacial score (nSPS) is 13.7. The van der Waals surface area contributed by atoms with Crippen LogP contribution in [0.4, 0.5) is 5.82 Å². The predicted octanol–water partition coefficient (Wildman–Crippen LogP) is 3.12. The summed E-state index contributed by atoms with van der Waals surface area (Å²) >= 11 is 0. The molecule has 0 radical (unpaired) electrons. The van der Waals surface area contributed by atoms with Crippen molar-refractivity contribution >= 4 is 33.9 Å². The Morgan fingerprint density at radius 2 is 1.83 bits per heavy atom. The number of carbonyl (C=O) groups is 1. The molecule has 7 nitrogen and oxygen atoms in total. The lowest BCUT2D eigenvalue weighted by molar-refractivity contribution is 0.0953. The van der Waals surface area contributed by atoms with Gasteiger partial charge < -0.3 is 20.4 Å². The SMILES string of the molecule is COc1ccccc1Cn1c(N)c(C(=O)NC2CC2)c2nc3ccccc3nc21. The number of fused-ring (bicyclic) bond motifs is 2. The number of hydrogen-bond acceptors (Lipinski definition) is 5. The van der Waals surface area contributed by atoms with Crippen molar-refractivity contribution < 1.29 is 9.53 Å². The minimum atomic E-state index is -0.196. The Hall–Kier alpha value is -3.61. The third kappa shape index (κ3) is 3.04. The Morgan fingerprint density at radius 3 is 2.55 bits per heavy atom. The average molecular weight is 387 g/mol. The van der Waals surface area contributed by atoms with Gasteiger partial charge in [-0.05, 0) is 31.0 Å². The second-order valence-electron chi connectivity index (χ2n) is 7.29. The van der Waals surface area contributed by atoms with Gasteiger partial charge >= 0.3 is 0 Å². The van der Waals surface area contributed by atoms with Gasteiger partial charge in [0, 0.05) is 11.6 Å². The number of amides is 1. The molecule has 0 aliphatic heterocycles.